The highest BCUT2D eigenvalue weighted by Crippen LogP contribution is 2.17. The molecule has 0 aliphatic carbocycles. The molecule has 0 amide bonds. The van der Waals surface area contributed by atoms with E-state index in [9.17, 15) is 0 Å². The molecule has 0 fully saturated rings. The Balaban J connectivity index is 2.14. The molecule has 0 spiro atoms. The van der Waals surface area contributed by atoms with Gasteiger partial charge in [-0.1, -0.05) is 6.92 Å². The first-order chi connectivity index (χ1) is 8.67. The number of aromatic nitrogens is 6. The summed E-state index contributed by atoms with van der Waals surface area (Å²) < 4.78 is 12.0. The minimum Gasteiger partial charge on any atom is -0.463 e. The minimum atomic E-state index is -0.0120. The lowest BCUT2D eigenvalue weighted by atomic mass is 10.5. The SMILES string of the molecule is CCCOc1nc(Cl)nc(Oc2ncn(C)n2)n1. The first-order valence-corrected chi connectivity index (χ1v) is 5.63. The van der Waals surface area contributed by atoms with E-state index < -0.39 is 0 Å². The van der Waals surface area contributed by atoms with Gasteiger partial charge < -0.3 is 9.47 Å². The van der Waals surface area contributed by atoms with Crippen LogP contribution in [0.4, 0.5) is 0 Å². The number of hydrogen-bond acceptors (Lipinski definition) is 7. The summed E-state index contributed by atoms with van der Waals surface area (Å²) in [5.41, 5.74) is 0. The van der Waals surface area contributed by atoms with Gasteiger partial charge in [0, 0.05) is 7.05 Å². The van der Waals surface area contributed by atoms with Gasteiger partial charge in [0.1, 0.15) is 6.33 Å². The Kier molecular flexibility index (Phi) is 3.88. The second-order valence-corrected chi connectivity index (χ2v) is 3.66. The minimum absolute atomic E-state index is 0.00713. The van der Waals surface area contributed by atoms with Crippen molar-refractivity contribution in [3.8, 4) is 18.0 Å². The zero-order valence-electron chi connectivity index (χ0n) is 9.87. The molecule has 2 heterocycles. The number of halogens is 1. The molecule has 18 heavy (non-hydrogen) atoms. The normalized spacial score (nSPS) is 10.4. The molecular formula is C9H11ClN6O2. The third-order valence-electron chi connectivity index (χ3n) is 1.76. The molecule has 9 heteroatoms. The Bertz CT molecular complexity index is 532. The number of rotatable bonds is 5. The molecule has 0 bridgehead atoms. The van der Waals surface area contributed by atoms with Gasteiger partial charge >= 0.3 is 18.0 Å². The van der Waals surface area contributed by atoms with E-state index >= 15 is 0 Å². The number of nitrogens with zero attached hydrogens (tertiary/aromatic N) is 6. The molecule has 0 aliphatic heterocycles. The van der Waals surface area contributed by atoms with E-state index in [1.54, 1.807) is 7.05 Å². The number of aryl methyl sites for hydroxylation is 1. The molecule has 0 saturated carbocycles. The van der Waals surface area contributed by atoms with Crippen molar-refractivity contribution in [3.05, 3.63) is 11.6 Å². The van der Waals surface area contributed by atoms with Gasteiger partial charge in [0.05, 0.1) is 6.61 Å². The Labute approximate surface area is 108 Å². The van der Waals surface area contributed by atoms with Gasteiger partial charge in [0.2, 0.25) is 5.28 Å². The third-order valence-corrected chi connectivity index (χ3v) is 1.93. The zero-order valence-corrected chi connectivity index (χ0v) is 10.6. The molecule has 96 valence electrons. The van der Waals surface area contributed by atoms with Gasteiger partial charge in [-0.2, -0.15) is 15.0 Å². The van der Waals surface area contributed by atoms with Gasteiger partial charge in [-0.3, -0.25) is 4.68 Å². The van der Waals surface area contributed by atoms with Crippen LogP contribution in [-0.2, 0) is 7.05 Å². The van der Waals surface area contributed by atoms with Gasteiger partial charge in [0.25, 0.3) is 0 Å². The number of hydrogen-bond donors (Lipinski definition) is 0. The maximum absolute atomic E-state index is 5.73. The van der Waals surface area contributed by atoms with E-state index in [4.69, 9.17) is 21.1 Å². The second-order valence-electron chi connectivity index (χ2n) is 3.32. The van der Waals surface area contributed by atoms with Crippen molar-refractivity contribution in [2.45, 2.75) is 13.3 Å². The maximum atomic E-state index is 5.73. The van der Waals surface area contributed by atoms with E-state index in [2.05, 4.69) is 25.0 Å². The van der Waals surface area contributed by atoms with Crippen LogP contribution in [0.2, 0.25) is 5.28 Å². The molecule has 0 aliphatic rings. The fourth-order valence-electron chi connectivity index (χ4n) is 1.07. The lowest BCUT2D eigenvalue weighted by molar-refractivity contribution is 0.283. The van der Waals surface area contributed by atoms with Gasteiger partial charge in [-0.25, -0.2) is 0 Å². The van der Waals surface area contributed by atoms with Crippen molar-refractivity contribution in [3.63, 3.8) is 0 Å². The predicted octanol–water partition coefficient (Wildman–Crippen LogP) is 1.23. The van der Waals surface area contributed by atoms with E-state index in [1.165, 1.54) is 11.0 Å². The van der Waals surface area contributed by atoms with Crippen molar-refractivity contribution in [1.82, 2.24) is 29.7 Å². The average Bonchev–Trinajstić information content (AvgIpc) is 2.71. The molecule has 0 saturated heterocycles. The largest absolute Gasteiger partial charge is 0.463 e. The van der Waals surface area contributed by atoms with Crippen molar-refractivity contribution in [2.75, 3.05) is 6.61 Å². The highest BCUT2D eigenvalue weighted by Gasteiger charge is 2.10. The Hall–Kier alpha value is -1.96. The lowest BCUT2D eigenvalue weighted by Gasteiger charge is -2.04. The fourth-order valence-corrected chi connectivity index (χ4v) is 1.21. The van der Waals surface area contributed by atoms with Gasteiger partial charge in [-0.05, 0) is 18.0 Å². The van der Waals surface area contributed by atoms with Gasteiger partial charge in [-0.15, -0.1) is 10.1 Å². The molecule has 0 N–H and O–H groups in total. The Morgan fingerprint density at radius 1 is 1.22 bits per heavy atom. The van der Waals surface area contributed by atoms with Crippen molar-refractivity contribution >= 4 is 11.6 Å². The molecule has 0 radical (unpaired) electrons. The van der Waals surface area contributed by atoms with Crippen LogP contribution in [0.3, 0.4) is 0 Å². The van der Waals surface area contributed by atoms with Crippen molar-refractivity contribution in [1.29, 1.82) is 0 Å². The van der Waals surface area contributed by atoms with Crippen molar-refractivity contribution in [2.24, 2.45) is 7.05 Å². The summed E-state index contributed by atoms with van der Waals surface area (Å²) in [4.78, 5) is 15.4. The third kappa shape index (κ3) is 3.27. The van der Waals surface area contributed by atoms with Crippen LogP contribution >= 0.6 is 11.6 Å². The van der Waals surface area contributed by atoms with Crippen LogP contribution in [0.25, 0.3) is 0 Å². The topological polar surface area (TPSA) is 87.8 Å². The summed E-state index contributed by atoms with van der Waals surface area (Å²) in [6.07, 6.45) is 2.33. The highest BCUT2D eigenvalue weighted by molar-refractivity contribution is 6.28. The molecule has 0 aromatic carbocycles. The predicted molar refractivity (Wildman–Crippen MR) is 61.7 cm³/mol. The summed E-state index contributed by atoms with van der Waals surface area (Å²) in [5.74, 6) is 0. The molecule has 2 aromatic heterocycles. The summed E-state index contributed by atoms with van der Waals surface area (Å²) in [5, 5.41) is 3.91. The molecule has 8 nitrogen and oxygen atoms in total. The lowest BCUT2D eigenvalue weighted by Crippen LogP contribution is -2.03. The van der Waals surface area contributed by atoms with Crippen LogP contribution < -0.4 is 9.47 Å². The monoisotopic (exact) mass is 270 g/mol. The van der Waals surface area contributed by atoms with Gasteiger partial charge in [0.15, 0.2) is 0 Å². The van der Waals surface area contributed by atoms with Crippen molar-refractivity contribution < 1.29 is 9.47 Å². The van der Waals surface area contributed by atoms with Crippen LogP contribution in [0.15, 0.2) is 6.33 Å². The summed E-state index contributed by atoms with van der Waals surface area (Å²) in [7, 11) is 1.72. The standard InChI is InChI=1S/C9H11ClN6O2/c1-3-4-17-8-12-6(10)13-9(14-8)18-7-11-5-16(2)15-7/h5H,3-4H2,1-2H3. The maximum Gasteiger partial charge on any atom is 0.343 e. The summed E-state index contributed by atoms with van der Waals surface area (Å²) in [6.45, 7) is 2.46. The first-order valence-electron chi connectivity index (χ1n) is 5.25. The first kappa shape index (κ1) is 12.5. The van der Waals surface area contributed by atoms with Crippen LogP contribution in [0.5, 0.6) is 18.0 Å². The molecule has 2 aromatic rings. The Morgan fingerprint density at radius 3 is 2.67 bits per heavy atom. The average molecular weight is 271 g/mol. The Morgan fingerprint density at radius 2 is 2.00 bits per heavy atom. The zero-order chi connectivity index (χ0) is 13.0. The molecular weight excluding hydrogens is 260 g/mol. The van der Waals surface area contributed by atoms with Crippen LogP contribution in [0.1, 0.15) is 13.3 Å². The van der Waals surface area contributed by atoms with E-state index in [1.807, 2.05) is 6.92 Å². The smallest absolute Gasteiger partial charge is 0.343 e. The quantitative estimate of drug-likeness (QED) is 0.807. The van der Waals surface area contributed by atoms with Crippen LogP contribution in [-0.4, -0.2) is 36.3 Å². The second kappa shape index (κ2) is 5.58. The van der Waals surface area contributed by atoms with E-state index in [0.717, 1.165) is 6.42 Å². The van der Waals surface area contributed by atoms with E-state index in [0.29, 0.717) is 6.61 Å². The molecule has 0 atom stereocenters. The molecule has 0 unspecified atom stereocenters. The van der Waals surface area contributed by atoms with Crippen LogP contribution in [0, 0.1) is 0 Å². The fraction of sp³-hybridized carbons (Fsp3) is 0.444. The summed E-state index contributed by atoms with van der Waals surface area (Å²) in [6, 6.07) is 0.233. The summed E-state index contributed by atoms with van der Waals surface area (Å²) >= 11 is 5.73. The highest BCUT2D eigenvalue weighted by atomic mass is 35.5. The molecule has 2 rings (SSSR count). The van der Waals surface area contributed by atoms with E-state index in [-0.39, 0.29) is 23.3 Å². The number of ether oxygens (including phenoxy) is 2.